The van der Waals surface area contributed by atoms with Crippen LogP contribution in [0.25, 0.3) is 10.9 Å². The third-order valence-corrected chi connectivity index (χ3v) is 4.12. The quantitative estimate of drug-likeness (QED) is 0.774. The van der Waals surface area contributed by atoms with Crippen molar-refractivity contribution in [1.82, 2.24) is 19.9 Å². The van der Waals surface area contributed by atoms with Gasteiger partial charge in [0.15, 0.2) is 0 Å². The molecule has 0 spiro atoms. The largest absolute Gasteiger partial charge is 0.357 e. The monoisotopic (exact) mass is 323 g/mol. The predicted molar refractivity (Wildman–Crippen MR) is 95.1 cm³/mol. The van der Waals surface area contributed by atoms with Crippen molar-refractivity contribution in [2.45, 2.75) is 20.4 Å². The van der Waals surface area contributed by atoms with Crippen LogP contribution in [0.15, 0.2) is 30.6 Å². The van der Waals surface area contributed by atoms with E-state index >= 15 is 0 Å². The minimum atomic E-state index is -0.0425. The molecule has 0 unspecified atom stereocenters. The minimum Gasteiger partial charge on any atom is -0.357 e. The fourth-order valence-corrected chi connectivity index (χ4v) is 2.76. The number of rotatable bonds is 4. The summed E-state index contributed by atoms with van der Waals surface area (Å²) in [6, 6.07) is 6.15. The van der Waals surface area contributed by atoms with Crippen LogP contribution in [0.2, 0.25) is 0 Å². The van der Waals surface area contributed by atoms with Crippen LogP contribution in [-0.2, 0) is 6.54 Å². The Morgan fingerprint density at radius 3 is 2.62 bits per heavy atom. The van der Waals surface area contributed by atoms with Crippen LogP contribution in [0.3, 0.4) is 0 Å². The Morgan fingerprint density at radius 1 is 1.25 bits per heavy atom. The van der Waals surface area contributed by atoms with E-state index in [1.165, 1.54) is 5.56 Å². The van der Waals surface area contributed by atoms with Crippen LogP contribution in [-0.4, -0.2) is 39.9 Å². The van der Waals surface area contributed by atoms with E-state index in [4.69, 9.17) is 0 Å². The van der Waals surface area contributed by atoms with Gasteiger partial charge in [0.25, 0.3) is 5.91 Å². The van der Waals surface area contributed by atoms with Crippen molar-refractivity contribution in [3.8, 4) is 0 Å². The van der Waals surface area contributed by atoms with Crippen molar-refractivity contribution < 1.29 is 4.79 Å². The summed E-state index contributed by atoms with van der Waals surface area (Å²) in [6.07, 6.45) is 3.45. The lowest BCUT2D eigenvalue weighted by Crippen LogP contribution is -2.27. The Bertz CT molecular complexity index is 882. The molecule has 6 heteroatoms. The molecule has 0 saturated carbocycles. The Balaban J connectivity index is 1.83. The second kappa shape index (κ2) is 6.31. The summed E-state index contributed by atoms with van der Waals surface area (Å²) in [5.41, 5.74) is 4.66. The molecule has 3 aromatic rings. The molecular weight excluding hydrogens is 302 g/mol. The van der Waals surface area contributed by atoms with Gasteiger partial charge >= 0.3 is 0 Å². The zero-order chi connectivity index (χ0) is 17.3. The maximum Gasteiger partial charge on any atom is 0.270 e. The number of anilines is 1. The molecule has 1 aromatic carbocycles. The Kier molecular flexibility index (Phi) is 4.20. The van der Waals surface area contributed by atoms with Gasteiger partial charge in [-0.15, -0.1) is 0 Å². The van der Waals surface area contributed by atoms with Gasteiger partial charge in [-0.1, -0.05) is 11.6 Å². The van der Waals surface area contributed by atoms with E-state index in [1.54, 1.807) is 31.4 Å². The lowest BCUT2D eigenvalue weighted by Gasteiger charge is -2.16. The first-order valence-electron chi connectivity index (χ1n) is 7.82. The number of benzene rings is 1. The summed E-state index contributed by atoms with van der Waals surface area (Å²) in [4.78, 5) is 26.1. The van der Waals surface area contributed by atoms with Crippen molar-refractivity contribution in [1.29, 1.82) is 0 Å². The van der Waals surface area contributed by atoms with Crippen LogP contribution < -0.4 is 5.32 Å². The third-order valence-electron chi connectivity index (χ3n) is 4.12. The molecule has 0 aliphatic rings. The zero-order valence-electron chi connectivity index (χ0n) is 14.3. The van der Waals surface area contributed by atoms with E-state index in [0.717, 1.165) is 22.0 Å². The highest BCUT2D eigenvalue weighted by Crippen LogP contribution is 2.24. The first-order valence-corrected chi connectivity index (χ1v) is 7.82. The molecule has 0 saturated heterocycles. The van der Waals surface area contributed by atoms with Gasteiger partial charge in [-0.3, -0.25) is 4.79 Å². The molecule has 124 valence electrons. The second-order valence-corrected chi connectivity index (χ2v) is 6.00. The zero-order valence-corrected chi connectivity index (χ0v) is 14.3. The highest BCUT2D eigenvalue weighted by molar-refractivity contribution is 6.00. The summed E-state index contributed by atoms with van der Waals surface area (Å²) in [5.74, 6) is 0.522. The van der Waals surface area contributed by atoms with Gasteiger partial charge in [0.1, 0.15) is 5.69 Å². The van der Waals surface area contributed by atoms with Gasteiger partial charge in [0, 0.05) is 49.5 Å². The lowest BCUT2D eigenvalue weighted by molar-refractivity contribution is 0.0779. The normalized spacial score (nSPS) is 10.8. The van der Waals surface area contributed by atoms with E-state index in [0.29, 0.717) is 18.2 Å². The predicted octanol–water partition coefficient (Wildman–Crippen LogP) is 2.89. The smallest absolute Gasteiger partial charge is 0.270 e. The molecule has 3 rings (SSSR count). The number of nitrogens with one attached hydrogen (secondary N) is 2. The third kappa shape index (κ3) is 2.95. The summed E-state index contributed by atoms with van der Waals surface area (Å²) >= 11 is 0. The van der Waals surface area contributed by atoms with E-state index in [1.807, 2.05) is 26.0 Å². The topological polar surface area (TPSA) is 73.9 Å². The Hall–Kier alpha value is -2.89. The van der Waals surface area contributed by atoms with Crippen LogP contribution in [0, 0.1) is 13.8 Å². The van der Waals surface area contributed by atoms with Crippen LogP contribution in [0.1, 0.15) is 27.2 Å². The van der Waals surface area contributed by atoms with Crippen molar-refractivity contribution in [3.63, 3.8) is 0 Å². The molecule has 2 N–H and O–H groups in total. The maximum atomic E-state index is 12.8. The van der Waals surface area contributed by atoms with E-state index in [-0.39, 0.29) is 5.91 Å². The number of H-pyrrole nitrogens is 1. The van der Waals surface area contributed by atoms with E-state index in [2.05, 4.69) is 26.3 Å². The number of hydrogen-bond donors (Lipinski definition) is 2. The number of hydrogen-bond acceptors (Lipinski definition) is 4. The molecule has 1 amide bonds. The summed E-state index contributed by atoms with van der Waals surface area (Å²) in [6.45, 7) is 4.48. The Morgan fingerprint density at radius 2 is 1.96 bits per heavy atom. The van der Waals surface area contributed by atoms with Crippen molar-refractivity contribution in [2.24, 2.45) is 0 Å². The average molecular weight is 323 g/mol. The van der Waals surface area contributed by atoms with Crippen molar-refractivity contribution in [3.05, 3.63) is 53.0 Å². The highest BCUT2D eigenvalue weighted by atomic mass is 16.2. The Labute approximate surface area is 140 Å². The van der Waals surface area contributed by atoms with Gasteiger partial charge < -0.3 is 15.2 Å². The number of aromatic nitrogens is 3. The summed E-state index contributed by atoms with van der Waals surface area (Å²) in [5, 5.41) is 3.97. The summed E-state index contributed by atoms with van der Waals surface area (Å²) in [7, 11) is 3.55. The molecule has 0 aliphatic heterocycles. The molecule has 2 heterocycles. The number of aryl methyl sites for hydroxylation is 2. The molecule has 0 atom stereocenters. The van der Waals surface area contributed by atoms with E-state index in [9.17, 15) is 4.79 Å². The number of carbonyl (C=O) groups is 1. The van der Waals surface area contributed by atoms with Gasteiger partial charge in [0.05, 0.1) is 0 Å². The van der Waals surface area contributed by atoms with Crippen molar-refractivity contribution >= 4 is 22.8 Å². The molecule has 6 nitrogen and oxygen atoms in total. The van der Waals surface area contributed by atoms with Gasteiger partial charge in [0.2, 0.25) is 5.95 Å². The molecule has 2 aromatic heterocycles. The molecule has 0 bridgehead atoms. The number of amides is 1. The molecular formula is C18H21N5O. The van der Waals surface area contributed by atoms with Crippen LogP contribution in [0.4, 0.5) is 5.95 Å². The summed E-state index contributed by atoms with van der Waals surface area (Å²) < 4.78 is 0. The van der Waals surface area contributed by atoms with Crippen LogP contribution >= 0.6 is 0 Å². The van der Waals surface area contributed by atoms with E-state index < -0.39 is 0 Å². The second-order valence-electron chi connectivity index (χ2n) is 6.00. The standard InChI is InChI=1S/C18H21N5O/c1-11-5-6-15-14(7-11)12(2)16(22-15)17(24)23(4)10-13-8-20-18(19-3)21-9-13/h5-9,22H,10H2,1-4H3,(H,19,20,21). The van der Waals surface area contributed by atoms with Crippen molar-refractivity contribution in [2.75, 3.05) is 19.4 Å². The highest BCUT2D eigenvalue weighted by Gasteiger charge is 2.18. The number of carbonyl (C=O) groups excluding carboxylic acids is 1. The van der Waals surface area contributed by atoms with Gasteiger partial charge in [-0.05, 0) is 31.5 Å². The molecule has 0 radical (unpaired) electrons. The lowest BCUT2D eigenvalue weighted by atomic mass is 10.1. The van der Waals surface area contributed by atoms with Gasteiger partial charge in [-0.25, -0.2) is 9.97 Å². The molecule has 0 aliphatic carbocycles. The first kappa shape index (κ1) is 16.0. The fourth-order valence-electron chi connectivity index (χ4n) is 2.76. The molecule has 0 fully saturated rings. The molecule has 24 heavy (non-hydrogen) atoms. The van der Waals surface area contributed by atoms with Crippen LogP contribution in [0.5, 0.6) is 0 Å². The number of aromatic amines is 1. The SMILES string of the molecule is CNc1ncc(CN(C)C(=O)c2[nH]c3ccc(C)cc3c2C)cn1. The average Bonchev–Trinajstić information content (AvgIpc) is 2.91. The number of nitrogens with zero attached hydrogens (tertiary/aromatic N) is 3. The number of fused-ring (bicyclic) bond motifs is 1. The first-order chi connectivity index (χ1) is 11.5. The fraction of sp³-hybridized carbons (Fsp3) is 0.278. The van der Waals surface area contributed by atoms with Gasteiger partial charge in [-0.2, -0.15) is 0 Å². The minimum absolute atomic E-state index is 0.0425. The maximum absolute atomic E-state index is 12.8.